The summed E-state index contributed by atoms with van der Waals surface area (Å²) in [6.07, 6.45) is -0.327. The summed E-state index contributed by atoms with van der Waals surface area (Å²) in [7, 11) is 0. The van der Waals surface area contributed by atoms with Crippen LogP contribution in [-0.2, 0) is 29.1 Å². The molecule has 1 N–H and O–H groups in total. The highest BCUT2D eigenvalue weighted by atomic mass is 35.5. The van der Waals surface area contributed by atoms with Crippen LogP contribution < -0.4 is 5.32 Å². The van der Waals surface area contributed by atoms with Gasteiger partial charge in [0, 0.05) is 19.5 Å². The number of urea groups is 1. The van der Waals surface area contributed by atoms with Crippen LogP contribution in [0, 0.1) is 11.3 Å². The van der Waals surface area contributed by atoms with E-state index in [4.69, 9.17) is 23.2 Å². The molecule has 2 fully saturated rings. The Morgan fingerprint density at radius 1 is 0.933 bits per heavy atom. The minimum atomic E-state index is -0.776. The Labute approximate surface area is 271 Å². The average Bonchev–Trinajstić information content (AvgIpc) is 3.37. The van der Waals surface area contributed by atoms with E-state index in [-0.39, 0.29) is 38.0 Å². The third-order valence-electron chi connectivity index (χ3n) is 8.27. The van der Waals surface area contributed by atoms with E-state index in [9.17, 15) is 19.6 Å². The van der Waals surface area contributed by atoms with Gasteiger partial charge in [-0.2, -0.15) is 10.3 Å². The van der Waals surface area contributed by atoms with E-state index in [0.29, 0.717) is 23.0 Å². The van der Waals surface area contributed by atoms with Crippen molar-refractivity contribution in [3.8, 4) is 6.07 Å². The van der Waals surface area contributed by atoms with Gasteiger partial charge in [0.05, 0.1) is 29.2 Å². The van der Waals surface area contributed by atoms with Crippen LogP contribution in [0.5, 0.6) is 0 Å². The summed E-state index contributed by atoms with van der Waals surface area (Å²) in [5, 5.41) is 18.3. The molecular formula is C34H30Cl2N6O3. The summed E-state index contributed by atoms with van der Waals surface area (Å²) in [5.74, 6) is -0.437. The number of nitrogens with zero attached hydrogens (tertiary/aromatic N) is 5. The van der Waals surface area contributed by atoms with E-state index < -0.39 is 18.2 Å². The van der Waals surface area contributed by atoms with Crippen LogP contribution >= 0.6 is 23.2 Å². The van der Waals surface area contributed by atoms with E-state index in [2.05, 4.69) is 11.4 Å². The zero-order chi connectivity index (χ0) is 31.5. The number of hydrazine groups is 1. The van der Waals surface area contributed by atoms with Crippen molar-refractivity contribution < 1.29 is 14.4 Å². The lowest BCUT2D eigenvalue weighted by molar-refractivity contribution is -0.157. The third kappa shape index (κ3) is 6.31. The van der Waals surface area contributed by atoms with Crippen molar-refractivity contribution in [2.75, 3.05) is 19.6 Å². The SMILES string of the molecule is N#CCN(C(=O)NCc1ccc(Cl)c(Cl)c1)N1CC(=O)N2[C@@H](Cc3ccccc3)C(=O)N(Cc3cccc4ccccc34)C[C@@H]21. The zero-order valence-electron chi connectivity index (χ0n) is 24.3. The van der Waals surface area contributed by atoms with E-state index in [1.165, 1.54) is 5.01 Å². The molecule has 0 radical (unpaired) electrons. The Bertz CT molecular complexity index is 1790. The van der Waals surface area contributed by atoms with Gasteiger partial charge in [-0.1, -0.05) is 102 Å². The van der Waals surface area contributed by atoms with Gasteiger partial charge in [-0.25, -0.2) is 9.80 Å². The number of amides is 4. The molecular weight excluding hydrogens is 611 g/mol. The second-order valence-corrected chi connectivity index (χ2v) is 11.9. The summed E-state index contributed by atoms with van der Waals surface area (Å²) in [6.45, 7) is 0.204. The van der Waals surface area contributed by atoms with Gasteiger partial charge in [-0.15, -0.1) is 0 Å². The highest BCUT2D eigenvalue weighted by molar-refractivity contribution is 6.42. The van der Waals surface area contributed by atoms with Gasteiger partial charge in [-0.05, 0) is 39.6 Å². The Morgan fingerprint density at radius 3 is 2.47 bits per heavy atom. The first kappa shape index (κ1) is 30.4. The van der Waals surface area contributed by atoms with Gasteiger partial charge < -0.3 is 15.1 Å². The second kappa shape index (κ2) is 13.2. The van der Waals surface area contributed by atoms with Gasteiger partial charge >= 0.3 is 6.03 Å². The van der Waals surface area contributed by atoms with Gasteiger partial charge in [0.2, 0.25) is 11.8 Å². The topological polar surface area (TPSA) is 100.0 Å². The molecule has 9 nitrogen and oxygen atoms in total. The number of fused-ring (bicyclic) bond motifs is 2. The number of nitriles is 1. The van der Waals surface area contributed by atoms with Gasteiger partial charge in [0.1, 0.15) is 18.8 Å². The summed E-state index contributed by atoms with van der Waals surface area (Å²) in [6, 6.07) is 29.4. The van der Waals surface area contributed by atoms with Crippen LogP contribution in [0.2, 0.25) is 10.0 Å². The fourth-order valence-corrected chi connectivity index (χ4v) is 6.45. The van der Waals surface area contributed by atoms with Gasteiger partial charge in [0.15, 0.2) is 0 Å². The normalized spacial score (nSPS) is 18.2. The monoisotopic (exact) mass is 640 g/mol. The molecule has 6 rings (SSSR count). The fraction of sp³-hybridized carbons (Fsp3) is 0.235. The second-order valence-electron chi connectivity index (χ2n) is 11.1. The van der Waals surface area contributed by atoms with Crippen LogP contribution in [0.25, 0.3) is 10.8 Å². The number of nitrogens with one attached hydrogen (secondary N) is 1. The lowest BCUT2D eigenvalue weighted by atomic mass is 9.99. The van der Waals surface area contributed by atoms with E-state index in [1.54, 1.807) is 33.0 Å². The smallest absolute Gasteiger partial charge is 0.333 e. The van der Waals surface area contributed by atoms with Crippen LogP contribution in [0.3, 0.4) is 0 Å². The van der Waals surface area contributed by atoms with Crippen LogP contribution in [-0.4, -0.2) is 69.5 Å². The number of hydrogen-bond donors (Lipinski definition) is 1. The maximum absolute atomic E-state index is 14.2. The molecule has 2 atom stereocenters. The summed E-state index contributed by atoms with van der Waals surface area (Å²) < 4.78 is 0. The molecule has 0 aliphatic carbocycles. The minimum Gasteiger partial charge on any atom is -0.333 e. The molecule has 45 heavy (non-hydrogen) atoms. The van der Waals surface area contributed by atoms with Crippen molar-refractivity contribution in [2.45, 2.75) is 31.7 Å². The van der Waals surface area contributed by atoms with Crippen molar-refractivity contribution in [1.29, 1.82) is 5.26 Å². The number of carbonyl (C=O) groups excluding carboxylic acids is 3. The van der Waals surface area contributed by atoms with E-state index >= 15 is 0 Å². The largest absolute Gasteiger partial charge is 0.333 e. The maximum atomic E-state index is 14.2. The molecule has 4 aromatic carbocycles. The quantitative estimate of drug-likeness (QED) is 0.266. The molecule has 0 bridgehead atoms. The molecule has 0 unspecified atom stereocenters. The zero-order valence-corrected chi connectivity index (χ0v) is 25.8. The first-order valence-corrected chi connectivity index (χ1v) is 15.3. The average molecular weight is 642 g/mol. The van der Waals surface area contributed by atoms with Crippen molar-refractivity contribution in [3.63, 3.8) is 0 Å². The number of carbonyl (C=O) groups is 3. The first-order chi connectivity index (χ1) is 21.8. The van der Waals surface area contributed by atoms with E-state index in [0.717, 1.165) is 27.5 Å². The Balaban J connectivity index is 1.30. The molecule has 2 aliphatic rings. The number of rotatable bonds is 8. The van der Waals surface area contributed by atoms with Gasteiger partial charge in [0.25, 0.3) is 0 Å². The molecule has 0 spiro atoms. The van der Waals surface area contributed by atoms with E-state index in [1.807, 2.05) is 72.8 Å². The van der Waals surface area contributed by atoms with Gasteiger partial charge in [-0.3, -0.25) is 9.59 Å². The minimum absolute atomic E-state index is 0.135. The summed E-state index contributed by atoms with van der Waals surface area (Å²) in [5.41, 5.74) is 2.62. The summed E-state index contributed by atoms with van der Waals surface area (Å²) >= 11 is 12.2. The number of piperazine rings is 1. The van der Waals surface area contributed by atoms with Crippen molar-refractivity contribution in [2.24, 2.45) is 0 Å². The lowest BCUT2D eigenvalue weighted by Crippen LogP contribution is -2.66. The van der Waals surface area contributed by atoms with Crippen LogP contribution in [0.15, 0.2) is 91.0 Å². The highest BCUT2D eigenvalue weighted by Gasteiger charge is 2.52. The fourth-order valence-electron chi connectivity index (χ4n) is 6.13. The molecule has 0 aromatic heterocycles. The van der Waals surface area contributed by atoms with Crippen molar-refractivity contribution >= 4 is 51.8 Å². The highest BCUT2D eigenvalue weighted by Crippen LogP contribution is 2.31. The summed E-state index contributed by atoms with van der Waals surface area (Å²) in [4.78, 5) is 44.7. The molecule has 4 aromatic rings. The van der Waals surface area contributed by atoms with Crippen LogP contribution in [0.4, 0.5) is 4.79 Å². The van der Waals surface area contributed by atoms with Crippen LogP contribution in [0.1, 0.15) is 16.7 Å². The number of benzene rings is 4. The molecule has 4 amide bonds. The predicted octanol–water partition coefficient (Wildman–Crippen LogP) is 5.22. The Hall–Kier alpha value is -4.62. The molecule has 11 heteroatoms. The van der Waals surface area contributed by atoms with Crippen molar-refractivity contribution in [3.05, 3.63) is 118 Å². The number of hydrogen-bond acceptors (Lipinski definition) is 5. The van der Waals surface area contributed by atoms with Crippen molar-refractivity contribution in [1.82, 2.24) is 25.1 Å². The maximum Gasteiger partial charge on any atom is 0.333 e. The number of halogens is 2. The standard InChI is InChI=1S/C34H30Cl2N6O3/c35-28-14-13-24(17-29(28)36)19-38-34(45)40(16-15-37)41-22-32(43)42-30(18-23-7-2-1-3-8-23)33(44)39(21-31(41)42)20-26-11-6-10-25-9-4-5-12-27(25)26/h1-14,17,30-31H,16,18-22H2,(H,38,45)/t30-,31+/m0/s1. The molecule has 2 saturated heterocycles. The molecule has 2 heterocycles. The Morgan fingerprint density at radius 2 is 1.69 bits per heavy atom. The third-order valence-corrected chi connectivity index (χ3v) is 9.01. The predicted molar refractivity (Wildman–Crippen MR) is 172 cm³/mol. The molecule has 228 valence electrons. The first-order valence-electron chi connectivity index (χ1n) is 14.6. The molecule has 2 aliphatic heterocycles. The Kier molecular flexibility index (Phi) is 8.90. The molecule has 0 saturated carbocycles. The lowest BCUT2D eigenvalue weighted by Gasteiger charge is -2.46.